The van der Waals surface area contributed by atoms with Crippen molar-refractivity contribution in [3.63, 3.8) is 0 Å². The fraction of sp³-hybridized carbons (Fsp3) is 0.0588. The molecule has 0 amide bonds. The van der Waals surface area contributed by atoms with Crippen molar-refractivity contribution in [1.29, 1.82) is 0 Å². The molecule has 0 radical (unpaired) electrons. The highest BCUT2D eigenvalue weighted by molar-refractivity contribution is 6.12. The number of hydrogen-bond acceptors (Lipinski definition) is 0. The quantitative estimate of drug-likeness (QED) is 0.176. The van der Waals surface area contributed by atoms with Gasteiger partial charge in [-0.15, -0.1) is 0 Å². The Labute approximate surface area is 308 Å². The van der Waals surface area contributed by atoms with E-state index in [1.165, 1.54) is 99.5 Å². The van der Waals surface area contributed by atoms with Crippen molar-refractivity contribution in [1.82, 2.24) is 9.13 Å². The minimum absolute atomic E-state index is 0.0668. The highest BCUT2D eigenvalue weighted by Crippen LogP contribution is 2.50. The predicted octanol–water partition coefficient (Wildman–Crippen LogP) is 13.5. The van der Waals surface area contributed by atoms with Crippen LogP contribution < -0.4 is 0 Å². The molecular formula is C51H36N2. The Balaban J connectivity index is 1.07. The SMILES string of the molecule is CC1(C)c2ccc(-c3ccccc3)cc2-c2cc(-n3c4ccccc4c4cc(-c5ccc6c(c5)c5ccccc5n6-c5ccccc5)ccc43)ccc21. The molecule has 53 heavy (non-hydrogen) atoms. The third-order valence-corrected chi connectivity index (χ3v) is 11.7. The molecule has 2 heteroatoms. The van der Waals surface area contributed by atoms with Crippen LogP contribution in [-0.2, 0) is 5.41 Å². The summed E-state index contributed by atoms with van der Waals surface area (Å²) in [6.45, 7) is 4.72. The smallest absolute Gasteiger partial charge is 0.0541 e. The topological polar surface area (TPSA) is 9.86 Å². The van der Waals surface area contributed by atoms with Crippen LogP contribution in [0.2, 0.25) is 0 Å². The molecule has 0 bridgehead atoms. The Morgan fingerprint density at radius 3 is 1.40 bits per heavy atom. The molecule has 8 aromatic carbocycles. The Bertz CT molecular complexity index is 3070. The summed E-state index contributed by atoms with van der Waals surface area (Å²) >= 11 is 0. The highest BCUT2D eigenvalue weighted by Gasteiger charge is 2.36. The summed E-state index contributed by atoms with van der Waals surface area (Å²) in [6.07, 6.45) is 0. The van der Waals surface area contributed by atoms with Crippen molar-refractivity contribution in [3.8, 4) is 44.8 Å². The second kappa shape index (κ2) is 11.2. The van der Waals surface area contributed by atoms with Gasteiger partial charge in [-0.1, -0.05) is 129 Å². The summed E-state index contributed by atoms with van der Waals surface area (Å²) in [6, 6.07) is 67.1. The zero-order chi connectivity index (χ0) is 35.3. The fourth-order valence-corrected chi connectivity index (χ4v) is 9.14. The van der Waals surface area contributed by atoms with Gasteiger partial charge in [-0.25, -0.2) is 0 Å². The van der Waals surface area contributed by atoms with E-state index in [9.17, 15) is 0 Å². The van der Waals surface area contributed by atoms with Gasteiger partial charge < -0.3 is 9.13 Å². The van der Waals surface area contributed by atoms with Crippen LogP contribution in [0.5, 0.6) is 0 Å². The van der Waals surface area contributed by atoms with Gasteiger partial charge >= 0.3 is 0 Å². The van der Waals surface area contributed by atoms with Crippen LogP contribution in [0.25, 0.3) is 88.4 Å². The van der Waals surface area contributed by atoms with Crippen LogP contribution in [-0.4, -0.2) is 9.13 Å². The van der Waals surface area contributed by atoms with Crippen LogP contribution in [0.1, 0.15) is 25.0 Å². The standard InChI is InChI=1S/C51H36N2/c1-51(2)45-25-21-34(33-13-5-3-6-14-33)29-41(45)42-32-38(24-26-46(42)51)53-48-20-12-10-18-40(48)44-31-36(23-28-50(44)53)35-22-27-49-43(30-35)39-17-9-11-19-47(39)52(49)37-15-7-4-8-16-37/h3-32H,1-2H3. The fourth-order valence-electron chi connectivity index (χ4n) is 9.14. The normalized spacial score (nSPS) is 13.2. The summed E-state index contributed by atoms with van der Waals surface area (Å²) in [5, 5.41) is 5.06. The second-order valence-corrected chi connectivity index (χ2v) is 15.0. The highest BCUT2D eigenvalue weighted by atomic mass is 15.0. The van der Waals surface area contributed by atoms with Gasteiger partial charge in [0.15, 0.2) is 0 Å². The summed E-state index contributed by atoms with van der Waals surface area (Å²) in [4.78, 5) is 0. The molecule has 0 atom stereocenters. The van der Waals surface area contributed by atoms with Crippen molar-refractivity contribution in [2.45, 2.75) is 19.3 Å². The first-order chi connectivity index (χ1) is 26.0. The maximum Gasteiger partial charge on any atom is 0.0541 e. The molecule has 1 aliphatic carbocycles. The average Bonchev–Trinajstić information content (AvgIpc) is 3.80. The second-order valence-electron chi connectivity index (χ2n) is 15.0. The van der Waals surface area contributed by atoms with Crippen molar-refractivity contribution < 1.29 is 0 Å². The molecule has 1 aliphatic rings. The minimum Gasteiger partial charge on any atom is -0.309 e. The van der Waals surface area contributed by atoms with Gasteiger partial charge in [0.05, 0.1) is 22.1 Å². The minimum atomic E-state index is -0.0668. The van der Waals surface area contributed by atoms with Gasteiger partial charge in [-0.2, -0.15) is 0 Å². The van der Waals surface area contributed by atoms with Gasteiger partial charge in [-0.05, 0) is 111 Å². The lowest BCUT2D eigenvalue weighted by atomic mass is 9.82. The molecule has 2 aromatic heterocycles. The molecule has 11 rings (SSSR count). The first-order valence-corrected chi connectivity index (χ1v) is 18.5. The van der Waals surface area contributed by atoms with Gasteiger partial charge in [-0.3, -0.25) is 0 Å². The lowest BCUT2D eigenvalue weighted by molar-refractivity contribution is 0.660. The van der Waals surface area contributed by atoms with E-state index < -0.39 is 0 Å². The van der Waals surface area contributed by atoms with Crippen molar-refractivity contribution in [2.24, 2.45) is 0 Å². The largest absolute Gasteiger partial charge is 0.309 e. The molecule has 2 heterocycles. The van der Waals surface area contributed by atoms with Gasteiger partial charge in [0.25, 0.3) is 0 Å². The van der Waals surface area contributed by atoms with Crippen LogP contribution in [0.3, 0.4) is 0 Å². The van der Waals surface area contributed by atoms with Crippen LogP contribution in [0.15, 0.2) is 182 Å². The van der Waals surface area contributed by atoms with Crippen LogP contribution in [0.4, 0.5) is 0 Å². The maximum absolute atomic E-state index is 2.46. The number of benzene rings is 8. The average molecular weight is 677 g/mol. The number of para-hydroxylation sites is 3. The van der Waals surface area contributed by atoms with E-state index in [4.69, 9.17) is 0 Å². The van der Waals surface area contributed by atoms with Crippen molar-refractivity contribution in [2.75, 3.05) is 0 Å². The molecule has 0 saturated heterocycles. The van der Waals surface area contributed by atoms with E-state index in [0.29, 0.717) is 0 Å². The third kappa shape index (κ3) is 4.39. The van der Waals surface area contributed by atoms with E-state index in [-0.39, 0.29) is 5.41 Å². The number of hydrogen-bond donors (Lipinski definition) is 0. The third-order valence-electron chi connectivity index (χ3n) is 11.7. The Hall–Kier alpha value is -6.64. The number of nitrogens with zero attached hydrogens (tertiary/aromatic N) is 2. The Morgan fingerprint density at radius 2 is 0.774 bits per heavy atom. The van der Waals surface area contributed by atoms with Crippen LogP contribution >= 0.6 is 0 Å². The Kier molecular flexibility index (Phi) is 6.33. The molecule has 0 N–H and O–H groups in total. The molecule has 0 spiro atoms. The molecule has 0 aliphatic heterocycles. The lowest BCUT2D eigenvalue weighted by Crippen LogP contribution is -2.14. The van der Waals surface area contributed by atoms with E-state index >= 15 is 0 Å². The van der Waals surface area contributed by atoms with E-state index in [0.717, 1.165) is 0 Å². The monoisotopic (exact) mass is 676 g/mol. The first kappa shape index (κ1) is 30.0. The number of rotatable bonds is 4. The van der Waals surface area contributed by atoms with Crippen molar-refractivity contribution in [3.05, 3.63) is 193 Å². The summed E-state index contributed by atoms with van der Waals surface area (Å²) < 4.78 is 4.83. The summed E-state index contributed by atoms with van der Waals surface area (Å²) in [7, 11) is 0. The maximum atomic E-state index is 2.46. The van der Waals surface area contributed by atoms with Gasteiger partial charge in [0, 0.05) is 38.3 Å². The van der Waals surface area contributed by atoms with E-state index in [1.54, 1.807) is 0 Å². The molecule has 0 unspecified atom stereocenters. The molecule has 0 fully saturated rings. The Morgan fingerprint density at radius 1 is 0.321 bits per heavy atom. The van der Waals surface area contributed by atoms with Gasteiger partial charge in [0.1, 0.15) is 0 Å². The summed E-state index contributed by atoms with van der Waals surface area (Å²) in [5.74, 6) is 0. The van der Waals surface area contributed by atoms with E-state index in [2.05, 4.69) is 205 Å². The molecule has 0 saturated carbocycles. The zero-order valence-electron chi connectivity index (χ0n) is 29.7. The zero-order valence-corrected chi connectivity index (χ0v) is 29.7. The van der Waals surface area contributed by atoms with Gasteiger partial charge in [0.2, 0.25) is 0 Å². The van der Waals surface area contributed by atoms with Crippen LogP contribution in [0, 0.1) is 0 Å². The molecule has 2 nitrogen and oxygen atoms in total. The number of aromatic nitrogens is 2. The predicted molar refractivity (Wildman–Crippen MR) is 224 cm³/mol. The number of fused-ring (bicyclic) bond motifs is 9. The van der Waals surface area contributed by atoms with Crippen molar-refractivity contribution >= 4 is 43.6 Å². The first-order valence-electron chi connectivity index (χ1n) is 18.5. The summed E-state index contributed by atoms with van der Waals surface area (Å²) in [5.41, 5.74) is 17.5. The van der Waals surface area contributed by atoms with E-state index in [1.807, 2.05) is 0 Å². The lowest BCUT2D eigenvalue weighted by Gasteiger charge is -2.22. The molecule has 10 aromatic rings. The molecular weight excluding hydrogens is 641 g/mol. The molecule has 250 valence electrons.